The van der Waals surface area contributed by atoms with Crippen LogP contribution in [0.15, 0.2) is 10.7 Å². The summed E-state index contributed by atoms with van der Waals surface area (Å²) in [5, 5.41) is 12.8. The van der Waals surface area contributed by atoms with E-state index >= 15 is 0 Å². The Morgan fingerprint density at radius 2 is 2.04 bits per heavy atom. The SMILES string of the molecule is CCCNC(=O)c1coc(CN2CCN(C[C@@H](O)COC(C)C)CC2)n1. The Kier molecular flexibility index (Phi) is 8.50. The molecule has 1 amide bonds. The normalized spacial score (nSPS) is 17.6. The smallest absolute Gasteiger partial charge is 0.273 e. The number of aliphatic hydroxyl groups is 1. The number of carbonyl (C=O) groups is 1. The third kappa shape index (κ3) is 7.03. The summed E-state index contributed by atoms with van der Waals surface area (Å²) in [4.78, 5) is 20.6. The van der Waals surface area contributed by atoms with Crippen molar-refractivity contribution >= 4 is 5.91 Å². The highest BCUT2D eigenvalue weighted by molar-refractivity contribution is 5.91. The molecule has 1 atom stereocenters. The number of ether oxygens (including phenoxy) is 1. The highest BCUT2D eigenvalue weighted by Crippen LogP contribution is 2.10. The number of carbonyl (C=O) groups excluding carboxylic acids is 1. The van der Waals surface area contributed by atoms with Crippen LogP contribution in [0, 0.1) is 0 Å². The minimum absolute atomic E-state index is 0.135. The Balaban J connectivity index is 1.70. The summed E-state index contributed by atoms with van der Waals surface area (Å²) in [6, 6.07) is 0. The second kappa shape index (κ2) is 10.6. The van der Waals surface area contributed by atoms with Crippen LogP contribution < -0.4 is 5.32 Å². The number of hydrogen-bond acceptors (Lipinski definition) is 7. The van der Waals surface area contributed by atoms with E-state index in [-0.39, 0.29) is 12.0 Å². The van der Waals surface area contributed by atoms with E-state index in [4.69, 9.17) is 9.15 Å². The summed E-state index contributed by atoms with van der Waals surface area (Å²) in [7, 11) is 0. The highest BCUT2D eigenvalue weighted by atomic mass is 16.5. The summed E-state index contributed by atoms with van der Waals surface area (Å²) < 4.78 is 10.9. The molecule has 1 aliphatic heterocycles. The fourth-order valence-electron chi connectivity index (χ4n) is 2.79. The van der Waals surface area contributed by atoms with Gasteiger partial charge in [-0.3, -0.25) is 14.6 Å². The Hall–Kier alpha value is -1.48. The van der Waals surface area contributed by atoms with Gasteiger partial charge in [0.1, 0.15) is 6.26 Å². The van der Waals surface area contributed by atoms with E-state index in [9.17, 15) is 9.90 Å². The molecule has 8 heteroatoms. The molecule has 1 fully saturated rings. The van der Waals surface area contributed by atoms with Gasteiger partial charge in [-0.2, -0.15) is 0 Å². The van der Waals surface area contributed by atoms with Crippen LogP contribution in [0.4, 0.5) is 0 Å². The molecule has 0 bridgehead atoms. The van der Waals surface area contributed by atoms with Crippen molar-refractivity contribution in [2.75, 3.05) is 45.9 Å². The lowest BCUT2D eigenvalue weighted by atomic mass is 10.2. The molecule has 2 rings (SSSR count). The molecule has 0 aromatic carbocycles. The molecule has 2 heterocycles. The van der Waals surface area contributed by atoms with Crippen molar-refractivity contribution in [3.63, 3.8) is 0 Å². The first-order valence-electron chi connectivity index (χ1n) is 9.45. The van der Waals surface area contributed by atoms with Gasteiger partial charge in [0.15, 0.2) is 5.69 Å². The number of aromatic nitrogens is 1. The van der Waals surface area contributed by atoms with E-state index in [0.717, 1.165) is 32.6 Å². The summed E-state index contributed by atoms with van der Waals surface area (Å²) in [5.41, 5.74) is 0.334. The lowest BCUT2D eigenvalue weighted by Crippen LogP contribution is -2.48. The van der Waals surface area contributed by atoms with Gasteiger partial charge < -0.3 is 19.6 Å². The largest absolute Gasteiger partial charge is 0.447 e. The second-order valence-electron chi connectivity index (χ2n) is 7.00. The number of piperazine rings is 1. The Bertz CT molecular complexity index is 541. The van der Waals surface area contributed by atoms with Gasteiger partial charge in [0.25, 0.3) is 5.91 Å². The van der Waals surface area contributed by atoms with Crippen molar-refractivity contribution in [3.8, 4) is 0 Å². The molecule has 1 aromatic rings. The summed E-state index contributed by atoms with van der Waals surface area (Å²) in [5.74, 6) is 0.370. The molecule has 26 heavy (non-hydrogen) atoms. The van der Waals surface area contributed by atoms with Gasteiger partial charge in [0, 0.05) is 39.3 Å². The van der Waals surface area contributed by atoms with Crippen LogP contribution in [0.5, 0.6) is 0 Å². The maximum absolute atomic E-state index is 11.9. The molecule has 0 radical (unpaired) electrons. The van der Waals surface area contributed by atoms with Crippen LogP contribution in [-0.4, -0.2) is 83.9 Å². The van der Waals surface area contributed by atoms with Crippen molar-refractivity contribution in [1.82, 2.24) is 20.1 Å². The van der Waals surface area contributed by atoms with Crippen molar-refractivity contribution in [2.45, 2.75) is 45.9 Å². The fourth-order valence-corrected chi connectivity index (χ4v) is 2.79. The first-order valence-corrected chi connectivity index (χ1v) is 9.45. The average molecular weight is 368 g/mol. The van der Waals surface area contributed by atoms with Crippen molar-refractivity contribution in [2.24, 2.45) is 0 Å². The molecule has 0 aliphatic carbocycles. The van der Waals surface area contributed by atoms with Crippen LogP contribution in [0.3, 0.4) is 0 Å². The number of nitrogens with zero attached hydrogens (tertiary/aromatic N) is 3. The van der Waals surface area contributed by atoms with Crippen LogP contribution in [0.2, 0.25) is 0 Å². The quantitative estimate of drug-likeness (QED) is 0.629. The summed E-state index contributed by atoms with van der Waals surface area (Å²) >= 11 is 0. The van der Waals surface area contributed by atoms with E-state index in [2.05, 4.69) is 20.1 Å². The van der Waals surface area contributed by atoms with Gasteiger partial charge in [0.2, 0.25) is 5.89 Å². The monoisotopic (exact) mass is 368 g/mol. The van der Waals surface area contributed by atoms with Crippen LogP contribution in [0.1, 0.15) is 43.6 Å². The molecule has 148 valence electrons. The number of rotatable bonds is 10. The first-order chi connectivity index (χ1) is 12.5. The lowest BCUT2D eigenvalue weighted by Gasteiger charge is -2.35. The minimum atomic E-state index is -0.458. The van der Waals surface area contributed by atoms with Crippen molar-refractivity contribution < 1.29 is 19.1 Å². The minimum Gasteiger partial charge on any atom is -0.447 e. The molecule has 8 nitrogen and oxygen atoms in total. The summed E-state index contributed by atoms with van der Waals surface area (Å²) in [6.45, 7) is 11.7. The predicted molar refractivity (Wildman–Crippen MR) is 97.9 cm³/mol. The third-order valence-electron chi connectivity index (χ3n) is 4.23. The van der Waals surface area contributed by atoms with E-state index in [0.29, 0.717) is 37.8 Å². The molecule has 0 saturated carbocycles. The average Bonchev–Trinajstić information content (AvgIpc) is 3.08. The van der Waals surface area contributed by atoms with Crippen molar-refractivity contribution in [1.29, 1.82) is 0 Å². The number of amides is 1. The Morgan fingerprint density at radius 3 is 2.69 bits per heavy atom. The second-order valence-corrected chi connectivity index (χ2v) is 7.00. The van der Waals surface area contributed by atoms with E-state index in [1.54, 1.807) is 0 Å². The Labute approximate surface area is 155 Å². The summed E-state index contributed by atoms with van der Waals surface area (Å²) in [6.07, 6.45) is 1.98. The van der Waals surface area contributed by atoms with Gasteiger partial charge in [-0.1, -0.05) is 6.92 Å². The van der Waals surface area contributed by atoms with Crippen molar-refractivity contribution in [3.05, 3.63) is 17.8 Å². The molecular formula is C18H32N4O4. The van der Waals surface area contributed by atoms with Gasteiger partial charge in [-0.05, 0) is 20.3 Å². The zero-order valence-electron chi connectivity index (χ0n) is 16.1. The number of oxazole rings is 1. The number of aliphatic hydroxyl groups excluding tert-OH is 1. The van der Waals surface area contributed by atoms with Gasteiger partial charge in [0.05, 0.1) is 25.4 Å². The van der Waals surface area contributed by atoms with Gasteiger partial charge in [-0.15, -0.1) is 0 Å². The topological polar surface area (TPSA) is 91.1 Å². The van der Waals surface area contributed by atoms with E-state index < -0.39 is 6.10 Å². The van der Waals surface area contributed by atoms with E-state index in [1.165, 1.54) is 6.26 Å². The van der Waals surface area contributed by atoms with Gasteiger partial charge in [-0.25, -0.2) is 4.98 Å². The molecule has 1 aromatic heterocycles. The molecular weight excluding hydrogens is 336 g/mol. The molecule has 2 N–H and O–H groups in total. The zero-order valence-corrected chi connectivity index (χ0v) is 16.1. The molecule has 0 spiro atoms. The standard InChI is InChI=1S/C18H32N4O4/c1-4-5-19-18(24)16-13-26-17(20-16)11-22-8-6-21(7-9-22)10-15(23)12-25-14(2)3/h13-15,23H,4-12H2,1-3H3,(H,19,24)/t15-/m1/s1. The predicted octanol–water partition coefficient (Wildman–Crippen LogP) is 0.718. The maximum atomic E-state index is 11.9. The highest BCUT2D eigenvalue weighted by Gasteiger charge is 2.21. The molecule has 1 aliphatic rings. The lowest BCUT2D eigenvalue weighted by molar-refractivity contribution is -0.0151. The first kappa shape index (κ1) is 20.8. The van der Waals surface area contributed by atoms with Crippen LogP contribution >= 0.6 is 0 Å². The van der Waals surface area contributed by atoms with Crippen LogP contribution in [0.25, 0.3) is 0 Å². The Morgan fingerprint density at radius 1 is 1.35 bits per heavy atom. The zero-order chi connectivity index (χ0) is 18.9. The van der Waals surface area contributed by atoms with Crippen LogP contribution in [-0.2, 0) is 11.3 Å². The van der Waals surface area contributed by atoms with Gasteiger partial charge >= 0.3 is 0 Å². The number of hydrogen-bond donors (Lipinski definition) is 2. The number of nitrogens with one attached hydrogen (secondary N) is 1. The maximum Gasteiger partial charge on any atom is 0.273 e. The number of β-amino-alcohol motifs (C(OH)–C–C–N with tert-alkyl or cyclic N) is 1. The molecule has 0 unspecified atom stereocenters. The molecule has 1 saturated heterocycles. The van der Waals surface area contributed by atoms with E-state index in [1.807, 2.05) is 20.8 Å². The third-order valence-corrected chi connectivity index (χ3v) is 4.23. The fraction of sp³-hybridized carbons (Fsp3) is 0.778.